The van der Waals surface area contributed by atoms with Crippen LogP contribution < -0.4 is 5.01 Å². The minimum absolute atomic E-state index is 0.0954. The van der Waals surface area contributed by atoms with E-state index in [0.717, 1.165) is 28.5 Å². The molecule has 0 aliphatic carbocycles. The van der Waals surface area contributed by atoms with Gasteiger partial charge in [0.05, 0.1) is 22.5 Å². The highest BCUT2D eigenvalue weighted by Gasteiger charge is 2.26. The third-order valence-corrected chi connectivity index (χ3v) is 4.88. The van der Waals surface area contributed by atoms with E-state index in [1.165, 1.54) is 48.7 Å². The minimum atomic E-state index is -0.819. The summed E-state index contributed by atoms with van der Waals surface area (Å²) in [4.78, 5) is 27.3. The summed E-state index contributed by atoms with van der Waals surface area (Å²) in [5.74, 6) is -2.65. The lowest BCUT2D eigenvalue weighted by atomic mass is 10.2. The normalized spacial score (nSPS) is 11.3. The summed E-state index contributed by atoms with van der Waals surface area (Å²) in [5, 5.41) is 15.9. The van der Waals surface area contributed by atoms with Crippen LogP contribution in [0.1, 0.15) is 16.1 Å². The van der Waals surface area contributed by atoms with Crippen LogP contribution in [-0.4, -0.2) is 22.0 Å². The van der Waals surface area contributed by atoms with Crippen LogP contribution in [0.3, 0.4) is 0 Å². The maximum absolute atomic E-state index is 13.5. The molecule has 30 heavy (non-hydrogen) atoms. The fourth-order valence-electron chi connectivity index (χ4n) is 2.48. The topological polar surface area (TPSA) is 102 Å². The first-order chi connectivity index (χ1) is 14.4. The fourth-order valence-corrected chi connectivity index (χ4v) is 3.43. The van der Waals surface area contributed by atoms with Crippen molar-refractivity contribution in [3.63, 3.8) is 0 Å². The molecule has 0 radical (unpaired) electrons. The molecule has 11 heteroatoms. The van der Waals surface area contributed by atoms with E-state index in [1.807, 2.05) is 0 Å². The number of nitro groups is 1. The highest BCUT2D eigenvalue weighted by atomic mass is 32.1. The molecule has 2 heterocycles. The second-order valence-electron chi connectivity index (χ2n) is 5.92. The number of furan rings is 1. The number of rotatable bonds is 5. The van der Waals surface area contributed by atoms with E-state index in [4.69, 9.17) is 4.42 Å². The van der Waals surface area contributed by atoms with Crippen LogP contribution in [0.25, 0.3) is 10.2 Å². The number of thiazole rings is 1. The van der Waals surface area contributed by atoms with Crippen LogP contribution >= 0.6 is 11.3 Å². The van der Waals surface area contributed by atoms with Crippen LogP contribution in [0.5, 0.6) is 0 Å². The number of carbonyl (C=O) groups excluding carboxylic acids is 1. The smallest absolute Gasteiger partial charge is 0.395 e. The Labute approximate surface area is 170 Å². The van der Waals surface area contributed by atoms with Crippen LogP contribution in [0.2, 0.25) is 0 Å². The number of benzene rings is 2. The van der Waals surface area contributed by atoms with Gasteiger partial charge in [0, 0.05) is 0 Å². The van der Waals surface area contributed by atoms with E-state index in [1.54, 1.807) is 0 Å². The highest BCUT2D eigenvalue weighted by Crippen LogP contribution is 2.31. The molecule has 0 aliphatic rings. The van der Waals surface area contributed by atoms with Crippen molar-refractivity contribution in [1.29, 1.82) is 0 Å². The Morgan fingerprint density at radius 1 is 1.13 bits per heavy atom. The zero-order valence-corrected chi connectivity index (χ0v) is 15.7. The van der Waals surface area contributed by atoms with Crippen molar-refractivity contribution in [2.45, 2.75) is 0 Å². The van der Waals surface area contributed by atoms with Crippen molar-refractivity contribution in [3.8, 4) is 0 Å². The van der Waals surface area contributed by atoms with Crippen LogP contribution in [0.15, 0.2) is 64.1 Å². The molecule has 0 bridgehead atoms. The maximum atomic E-state index is 13.5. The Morgan fingerprint density at radius 3 is 2.57 bits per heavy atom. The molecule has 4 rings (SSSR count). The number of nitrogens with zero attached hydrogens (tertiary/aromatic N) is 4. The lowest BCUT2D eigenvalue weighted by molar-refractivity contribution is -0.402. The number of hydrogen-bond acceptors (Lipinski definition) is 7. The summed E-state index contributed by atoms with van der Waals surface area (Å²) in [6.45, 7) is 0. The van der Waals surface area contributed by atoms with Gasteiger partial charge >= 0.3 is 11.8 Å². The van der Waals surface area contributed by atoms with Crippen molar-refractivity contribution in [1.82, 2.24) is 4.98 Å². The van der Waals surface area contributed by atoms with Gasteiger partial charge in [-0.1, -0.05) is 23.5 Å². The Hall–Kier alpha value is -3.99. The SMILES string of the molecule is O=C(c1ccc([N+](=O)[O-])o1)N(/N=C/c1ccc(F)cc1)c1nc2ccc(F)cc2s1. The highest BCUT2D eigenvalue weighted by molar-refractivity contribution is 7.22. The van der Waals surface area contributed by atoms with Crippen LogP contribution in [-0.2, 0) is 0 Å². The lowest BCUT2D eigenvalue weighted by Gasteiger charge is -2.11. The van der Waals surface area contributed by atoms with E-state index >= 15 is 0 Å². The first-order valence-electron chi connectivity index (χ1n) is 8.35. The van der Waals surface area contributed by atoms with Gasteiger partial charge in [0.2, 0.25) is 10.9 Å². The molecule has 0 unspecified atom stereocenters. The summed E-state index contributed by atoms with van der Waals surface area (Å²) in [6, 6.07) is 11.5. The molecule has 0 N–H and O–H groups in total. The molecule has 0 saturated heterocycles. The monoisotopic (exact) mass is 428 g/mol. The molecule has 0 saturated carbocycles. The molecule has 0 aliphatic heterocycles. The molecule has 2 aromatic carbocycles. The molecule has 8 nitrogen and oxygen atoms in total. The lowest BCUT2D eigenvalue weighted by Crippen LogP contribution is -2.25. The molecule has 1 amide bonds. The first-order valence-corrected chi connectivity index (χ1v) is 9.17. The first kappa shape index (κ1) is 19.3. The largest absolute Gasteiger partial charge is 0.433 e. The van der Waals surface area contributed by atoms with Gasteiger partial charge in [-0.05, 0) is 42.0 Å². The third kappa shape index (κ3) is 3.91. The average Bonchev–Trinajstić information content (AvgIpc) is 3.36. The zero-order chi connectivity index (χ0) is 21.3. The van der Waals surface area contributed by atoms with Crippen molar-refractivity contribution in [2.24, 2.45) is 5.10 Å². The van der Waals surface area contributed by atoms with Crippen molar-refractivity contribution >= 4 is 44.7 Å². The molecule has 0 spiro atoms. The van der Waals surface area contributed by atoms with Gasteiger partial charge in [-0.15, -0.1) is 0 Å². The van der Waals surface area contributed by atoms with E-state index < -0.39 is 28.3 Å². The summed E-state index contributed by atoms with van der Waals surface area (Å²) in [7, 11) is 0. The fraction of sp³-hybridized carbons (Fsp3) is 0. The standard InChI is InChI=1S/C19H10F2N4O4S/c20-12-3-1-11(2-4-12)10-22-24(18(26)15-7-8-17(29-15)25(27)28)19-23-14-6-5-13(21)9-16(14)30-19/h1-10H/b22-10+. The molecule has 4 aromatic rings. The third-order valence-electron chi connectivity index (χ3n) is 3.89. The second-order valence-corrected chi connectivity index (χ2v) is 6.93. The van der Waals surface area contributed by atoms with E-state index in [2.05, 4.69) is 10.1 Å². The van der Waals surface area contributed by atoms with E-state index in [0.29, 0.717) is 15.8 Å². The second kappa shape index (κ2) is 7.79. The van der Waals surface area contributed by atoms with Gasteiger partial charge in [0.15, 0.2) is 0 Å². The number of hydrazone groups is 1. The molecule has 0 fully saturated rings. The van der Waals surface area contributed by atoms with Crippen molar-refractivity contribution in [2.75, 3.05) is 5.01 Å². The van der Waals surface area contributed by atoms with E-state index in [-0.39, 0.29) is 10.9 Å². The number of anilines is 1. The van der Waals surface area contributed by atoms with Gasteiger partial charge < -0.3 is 4.42 Å². The number of fused-ring (bicyclic) bond motifs is 1. The van der Waals surface area contributed by atoms with E-state index in [9.17, 15) is 23.7 Å². The molecular weight excluding hydrogens is 418 g/mol. The van der Waals surface area contributed by atoms with Crippen LogP contribution in [0.4, 0.5) is 19.8 Å². The van der Waals surface area contributed by atoms with Gasteiger partial charge in [-0.2, -0.15) is 10.1 Å². The summed E-state index contributed by atoms with van der Waals surface area (Å²) in [6.07, 6.45) is 1.29. The quantitative estimate of drug-likeness (QED) is 0.259. The minimum Gasteiger partial charge on any atom is -0.395 e. The number of amides is 1. The summed E-state index contributed by atoms with van der Waals surface area (Å²) in [5.41, 5.74) is 0.934. The molecular formula is C19H10F2N4O4S. The summed E-state index contributed by atoms with van der Waals surface area (Å²) < 4.78 is 32.1. The molecule has 2 aromatic heterocycles. The number of carbonyl (C=O) groups is 1. The molecule has 150 valence electrons. The maximum Gasteiger partial charge on any atom is 0.433 e. The average molecular weight is 428 g/mol. The summed E-state index contributed by atoms with van der Waals surface area (Å²) >= 11 is 0.998. The van der Waals surface area contributed by atoms with Gasteiger partial charge in [-0.3, -0.25) is 14.9 Å². The van der Waals surface area contributed by atoms with Crippen LogP contribution in [0, 0.1) is 21.7 Å². The van der Waals surface area contributed by atoms with Gasteiger partial charge in [-0.25, -0.2) is 13.8 Å². The van der Waals surface area contributed by atoms with Gasteiger partial charge in [0.1, 0.15) is 16.6 Å². The predicted octanol–water partition coefficient (Wildman–Crippen LogP) is 4.76. The number of aromatic nitrogens is 1. The predicted molar refractivity (Wildman–Crippen MR) is 106 cm³/mol. The zero-order valence-electron chi connectivity index (χ0n) is 14.9. The van der Waals surface area contributed by atoms with Gasteiger partial charge in [0.25, 0.3) is 0 Å². The Balaban J connectivity index is 1.75. The Kier molecular flexibility index (Phi) is 5.02. The Morgan fingerprint density at radius 2 is 1.87 bits per heavy atom. The van der Waals surface area contributed by atoms with Crippen molar-refractivity contribution < 1.29 is 22.9 Å². The molecule has 0 atom stereocenters. The van der Waals surface area contributed by atoms with Crippen molar-refractivity contribution in [3.05, 3.63) is 87.7 Å². The number of hydrogen-bond donors (Lipinski definition) is 0. The number of halogens is 2. The Bertz CT molecular complexity index is 1280.